The lowest BCUT2D eigenvalue weighted by Gasteiger charge is -2.09. The Hall–Kier alpha value is -2.54. The Morgan fingerprint density at radius 2 is 1.89 bits per heavy atom. The summed E-state index contributed by atoms with van der Waals surface area (Å²) in [7, 11) is 0. The molecule has 1 heterocycles. The van der Waals surface area contributed by atoms with Crippen LogP contribution in [-0.2, 0) is 6.54 Å². The average Bonchev–Trinajstić information content (AvgIpc) is 2.41. The van der Waals surface area contributed by atoms with Gasteiger partial charge in [-0.25, -0.2) is 0 Å². The van der Waals surface area contributed by atoms with Gasteiger partial charge in [0.25, 0.3) is 0 Å². The lowest BCUT2D eigenvalue weighted by molar-refractivity contribution is 0.297. The van der Waals surface area contributed by atoms with Crippen molar-refractivity contribution in [2.24, 2.45) is 0 Å². The molecule has 0 unspecified atom stereocenters. The summed E-state index contributed by atoms with van der Waals surface area (Å²) in [4.78, 5) is 10.9. The third kappa shape index (κ3) is 2.98. The molecule has 0 spiro atoms. The minimum Gasteiger partial charge on any atom is -0.490 e. The zero-order valence-corrected chi connectivity index (χ0v) is 9.74. The Kier molecular flexibility index (Phi) is 3.77. The van der Waals surface area contributed by atoms with E-state index in [1.807, 2.05) is 10.6 Å². The second kappa shape index (κ2) is 5.69. The normalized spacial score (nSPS) is 9.72. The van der Waals surface area contributed by atoms with E-state index >= 15 is 0 Å². The first-order valence-corrected chi connectivity index (χ1v) is 5.57. The van der Waals surface area contributed by atoms with Crippen molar-refractivity contribution < 1.29 is 4.74 Å². The molecule has 0 bridgehead atoms. The molecule has 0 aliphatic heterocycles. The molecule has 0 aliphatic carbocycles. The Morgan fingerprint density at radius 1 is 1.17 bits per heavy atom. The first kappa shape index (κ1) is 11.9. The molecule has 1 aromatic carbocycles. The molecule has 0 radical (unpaired) electrons. The van der Waals surface area contributed by atoms with Crippen LogP contribution in [0, 0.1) is 11.3 Å². The highest BCUT2D eigenvalue weighted by atomic mass is 16.5. The van der Waals surface area contributed by atoms with Crippen LogP contribution in [0.3, 0.4) is 0 Å². The first-order chi connectivity index (χ1) is 8.79. The van der Waals surface area contributed by atoms with Crippen LogP contribution < -0.4 is 10.2 Å². The van der Waals surface area contributed by atoms with Gasteiger partial charge in [0.1, 0.15) is 18.4 Å². The van der Waals surface area contributed by atoms with Gasteiger partial charge in [-0.2, -0.15) is 5.26 Å². The highest BCUT2D eigenvalue weighted by Gasteiger charge is 2.00. The van der Waals surface area contributed by atoms with E-state index in [0.717, 1.165) is 0 Å². The van der Waals surface area contributed by atoms with Gasteiger partial charge in [0, 0.05) is 24.5 Å². The lowest BCUT2D eigenvalue weighted by Crippen LogP contribution is -2.10. The van der Waals surface area contributed by atoms with Crippen molar-refractivity contribution in [3.8, 4) is 11.8 Å². The van der Waals surface area contributed by atoms with Crippen LogP contribution in [0.25, 0.3) is 0 Å². The molecule has 0 saturated carbocycles. The smallest absolute Gasteiger partial charge is 0.181 e. The van der Waals surface area contributed by atoms with Gasteiger partial charge in [-0.15, -0.1) is 0 Å². The van der Waals surface area contributed by atoms with Crippen molar-refractivity contribution >= 4 is 0 Å². The highest BCUT2D eigenvalue weighted by Crippen LogP contribution is 2.16. The predicted molar refractivity (Wildman–Crippen MR) is 67.4 cm³/mol. The molecule has 18 heavy (non-hydrogen) atoms. The molecule has 1 aromatic heterocycles. The number of ether oxygens (including phenoxy) is 1. The van der Waals surface area contributed by atoms with E-state index in [2.05, 4.69) is 6.07 Å². The SMILES string of the molecule is N#Cc1ccccc1OCCn1ccc(=O)cc1. The largest absolute Gasteiger partial charge is 0.490 e. The monoisotopic (exact) mass is 240 g/mol. The minimum atomic E-state index is -0.0120. The summed E-state index contributed by atoms with van der Waals surface area (Å²) in [5, 5.41) is 8.90. The van der Waals surface area contributed by atoms with Crippen molar-refractivity contribution in [2.45, 2.75) is 6.54 Å². The molecule has 4 nitrogen and oxygen atoms in total. The van der Waals surface area contributed by atoms with Gasteiger partial charge in [0.05, 0.1) is 12.1 Å². The molecule has 0 amide bonds. The molecule has 0 aliphatic rings. The van der Waals surface area contributed by atoms with Crippen molar-refractivity contribution in [3.63, 3.8) is 0 Å². The van der Waals surface area contributed by atoms with Crippen LogP contribution in [0.4, 0.5) is 0 Å². The Labute approximate surface area is 105 Å². The number of hydrogen-bond acceptors (Lipinski definition) is 3. The van der Waals surface area contributed by atoms with Gasteiger partial charge in [0.15, 0.2) is 5.43 Å². The van der Waals surface area contributed by atoms with E-state index < -0.39 is 0 Å². The first-order valence-electron chi connectivity index (χ1n) is 5.57. The summed E-state index contributed by atoms with van der Waals surface area (Å²) in [6, 6.07) is 12.2. The molecule has 0 saturated heterocycles. The summed E-state index contributed by atoms with van der Waals surface area (Å²) in [6.07, 6.45) is 3.42. The standard InChI is InChI=1S/C14H12N2O2/c15-11-12-3-1-2-4-14(12)18-10-9-16-7-5-13(17)6-8-16/h1-8H,9-10H2. The number of aromatic nitrogens is 1. The fraction of sp³-hybridized carbons (Fsp3) is 0.143. The summed E-state index contributed by atoms with van der Waals surface area (Å²) in [6.45, 7) is 1.07. The Balaban J connectivity index is 1.94. The topological polar surface area (TPSA) is 55.0 Å². The van der Waals surface area contributed by atoms with E-state index in [4.69, 9.17) is 10.00 Å². The highest BCUT2D eigenvalue weighted by molar-refractivity contribution is 5.42. The maximum Gasteiger partial charge on any atom is 0.181 e. The van der Waals surface area contributed by atoms with Crippen LogP contribution >= 0.6 is 0 Å². The van der Waals surface area contributed by atoms with Crippen molar-refractivity contribution in [3.05, 3.63) is 64.6 Å². The molecule has 0 N–H and O–H groups in total. The summed E-state index contributed by atoms with van der Waals surface area (Å²) < 4.78 is 7.40. The number of para-hydroxylation sites is 1. The van der Waals surface area contributed by atoms with E-state index in [9.17, 15) is 4.79 Å². The van der Waals surface area contributed by atoms with Crippen LogP contribution in [0.2, 0.25) is 0 Å². The number of nitrogens with zero attached hydrogens (tertiary/aromatic N) is 2. The van der Waals surface area contributed by atoms with Gasteiger partial charge in [0.2, 0.25) is 0 Å². The van der Waals surface area contributed by atoms with Gasteiger partial charge in [-0.05, 0) is 12.1 Å². The predicted octanol–water partition coefficient (Wildman–Crippen LogP) is 1.80. The van der Waals surface area contributed by atoms with E-state index in [1.165, 1.54) is 12.1 Å². The van der Waals surface area contributed by atoms with E-state index in [1.54, 1.807) is 30.6 Å². The molecule has 2 aromatic rings. The Bertz CT molecular complexity index is 606. The van der Waals surface area contributed by atoms with Crippen molar-refractivity contribution in [1.29, 1.82) is 5.26 Å². The number of nitriles is 1. The molecule has 90 valence electrons. The van der Waals surface area contributed by atoms with Crippen LogP contribution in [0.1, 0.15) is 5.56 Å². The fourth-order valence-corrected chi connectivity index (χ4v) is 1.54. The molecule has 0 fully saturated rings. The second-order valence-corrected chi connectivity index (χ2v) is 3.73. The second-order valence-electron chi connectivity index (χ2n) is 3.73. The number of benzene rings is 1. The zero-order valence-electron chi connectivity index (χ0n) is 9.74. The third-order valence-corrected chi connectivity index (χ3v) is 2.48. The van der Waals surface area contributed by atoms with E-state index in [-0.39, 0.29) is 5.43 Å². The Morgan fingerprint density at radius 3 is 2.61 bits per heavy atom. The average molecular weight is 240 g/mol. The summed E-state index contributed by atoms with van der Waals surface area (Å²) in [5.74, 6) is 0.584. The maximum absolute atomic E-state index is 10.9. The zero-order chi connectivity index (χ0) is 12.8. The molecule has 0 atom stereocenters. The van der Waals surface area contributed by atoms with Gasteiger partial charge < -0.3 is 9.30 Å². The molecule has 4 heteroatoms. The number of hydrogen-bond donors (Lipinski definition) is 0. The van der Waals surface area contributed by atoms with Crippen LogP contribution in [-0.4, -0.2) is 11.2 Å². The third-order valence-electron chi connectivity index (χ3n) is 2.48. The maximum atomic E-state index is 10.9. The minimum absolute atomic E-state index is 0.0120. The lowest BCUT2D eigenvalue weighted by atomic mass is 10.2. The molecular formula is C14H12N2O2. The van der Waals surface area contributed by atoms with Crippen LogP contribution in [0.15, 0.2) is 53.6 Å². The quantitative estimate of drug-likeness (QED) is 0.818. The van der Waals surface area contributed by atoms with Crippen molar-refractivity contribution in [2.75, 3.05) is 6.61 Å². The van der Waals surface area contributed by atoms with E-state index in [0.29, 0.717) is 24.5 Å². The number of pyridine rings is 1. The van der Waals surface area contributed by atoms with Gasteiger partial charge in [-0.3, -0.25) is 4.79 Å². The summed E-state index contributed by atoms with van der Waals surface area (Å²) in [5.41, 5.74) is 0.513. The fourth-order valence-electron chi connectivity index (χ4n) is 1.54. The summed E-state index contributed by atoms with van der Waals surface area (Å²) >= 11 is 0. The van der Waals surface area contributed by atoms with Gasteiger partial charge >= 0.3 is 0 Å². The molecular weight excluding hydrogens is 228 g/mol. The number of rotatable bonds is 4. The van der Waals surface area contributed by atoms with Crippen LogP contribution in [0.5, 0.6) is 5.75 Å². The van der Waals surface area contributed by atoms with Gasteiger partial charge in [-0.1, -0.05) is 12.1 Å². The molecule has 2 rings (SSSR count). The van der Waals surface area contributed by atoms with Crippen molar-refractivity contribution in [1.82, 2.24) is 4.57 Å².